The monoisotopic (exact) mass is 1090 g/mol. The summed E-state index contributed by atoms with van der Waals surface area (Å²) in [5.74, 6) is -0.534. The molecule has 3 saturated carbocycles. The van der Waals surface area contributed by atoms with E-state index in [1.165, 1.54) is 24.8 Å². The van der Waals surface area contributed by atoms with Crippen molar-refractivity contribution in [3.63, 3.8) is 0 Å². The molecule has 17 heteroatoms. The number of carbonyl (C=O) groups excluding carboxylic acids is 3. The molecule has 0 unspecified atom stereocenters. The van der Waals surface area contributed by atoms with Crippen LogP contribution in [0.3, 0.4) is 0 Å². The van der Waals surface area contributed by atoms with Gasteiger partial charge < -0.3 is 38.5 Å². The molecule has 2 N–H and O–H groups in total. The Balaban J connectivity index is 0.948. The van der Waals surface area contributed by atoms with E-state index < -0.39 is 35.1 Å². The Morgan fingerprint density at radius 2 is 1.76 bits per heavy atom. The number of amides is 2. The van der Waals surface area contributed by atoms with Gasteiger partial charge in [-0.25, -0.2) is 10.4 Å². The van der Waals surface area contributed by atoms with Gasteiger partial charge in [-0.3, -0.25) is 29.3 Å². The Morgan fingerprint density at radius 1 is 0.974 bits per heavy atom. The van der Waals surface area contributed by atoms with Crippen molar-refractivity contribution in [3.8, 4) is 22.5 Å². The van der Waals surface area contributed by atoms with Gasteiger partial charge in [0.2, 0.25) is 0 Å². The zero-order chi connectivity index (χ0) is 53.7. The van der Waals surface area contributed by atoms with Gasteiger partial charge in [0.15, 0.2) is 0 Å². The van der Waals surface area contributed by atoms with Crippen molar-refractivity contribution in [2.45, 2.75) is 185 Å². The fourth-order valence-electron chi connectivity index (χ4n) is 15.0. The number of esters is 1. The maximum Gasteiger partial charge on any atom is 0.324 e. The standard InChI is InChI=1S/C61H82N8O8S/c1-37(73-6)50-45(28-41(30-62-50)39-14-21-66(22-15-39)42-11-12-42)52-46-29-58(3,4)36-76-56(71)47-9-7-20-69(65-47)55(70)51(64-57(72)61-32-59(5,33-61)38(2)77-61)53(67-34-60(35-67)18-8-19-60)54-63-48(31-78-54)40-10-13-49(44(46)27-40)68(52)23-26-75-43-16-24-74-25-17-43/h10,13,27-28,30-31,37-39,42-43,47,51,53,65H,7-9,11-12,14-26,29,32-36H2,1-6H3,(H,64,72)/t37-,38-,47-,51-,53-,59?,61?/m0/s1. The number of thiazole rings is 1. The lowest BCUT2D eigenvalue weighted by Gasteiger charge is -2.59. The second-order valence-electron chi connectivity index (χ2n) is 26.3. The maximum atomic E-state index is 15.4. The molecule has 10 aliphatic rings. The topological polar surface area (TPSA) is 162 Å². The number of carbonyl (C=O) groups is 3. The Labute approximate surface area is 463 Å². The molecule has 3 aliphatic carbocycles. The van der Waals surface area contributed by atoms with Crippen LogP contribution in [-0.4, -0.2) is 149 Å². The summed E-state index contributed by atoms with van der Waals surface area (Å²) in [5, 5.41) is 8.92. The number of methoxy groups -OCH3 is 1. The van der Waals surface area contributed by atoms with Crippen LogP contribution >= 0.6 is 11.3 Å². The van der Waals surface area contributed by atoms with Crippen LogP contribution in [0, 0.1) is 16.2 Å². The summed E-state index contributed by atoms with van der Waals surface area (Å²) in [7, 11) is 1.76. The highest BCUT2D eigenvalue weighted by Gasteiger charge is 2.68. The second kappa shape index (κ2) is 20.6. The Morgan fingerprint density at radius 3 is 2.46 bits per heavy atom. The molecular formula is C61H82N8O8S. The predicted molar refractivity (Wildman–Crippen MR) is 298 cm³/mol. The van der Waals surface area contributed by atoms with Gasteiger partial charge in [0.25, 0.3) is 11.8 Å². The molecule has 8 bridgehead atoms. The van der Waals surface area contributed by atoms with Crippen molar-refractivity contribution in [3.05, 3.63) is 57.7 Å². The van der Waals surface area contributed by atoms with Crippen LogP contribution < -0.4 is 10.7 Å². The van der Waals surface area contributed by atoms with Crippen molar-refractivity contribution in [1.82, 2.24) is 40.1 Å². The van der Waals surface area contributed by atoms with Gasteiger partial charge in [0.05, 0.1) is 54.6 Å². The summed E-state index contributed by atoms with van der Waals surface area (Å²) in [4.78, 5) is 60.6. The molecule has 1 spiro atoms. The first-order chi connectivity index (χ1) is 37.6. The van der Waals surface area contributed by atoms with Crippen LogP contribution in [0.5, 0.6) is 0 Å². The van der Waals surface area contributed by atoms with E-state index in [0.29, 0.717) is 70.9 Å². The lowest BCUT2D eigenvalue weighted by molar-refractivity contribution is -0.160. The van der Waals surface area contributed by atoms with Crippen molar-refractivity contribution in [1.29, 1.82) is 0 Å². The molecule has 78 heavy (non-hydrogen) atoms. The number of nitrogens with zero attached hydrogens (tertiary/aromatic N) is 6. The summed E-state index contributed by atoms with van der Waals surface area (Å²) in [5.41, 5.74) is 10.3. The van der Waals surface area contributed by atoms with Gasteiger partial charge in [-0.2, -0.15) is 0 Å². The molecule has 6 saturated heterocycles. The SMILES string of the molecule is CO[C@@H](C)c1ncc(C2CCN(C3CC3)CC2)cc1-c1c2c3cc(ccc3n1CCOC1CCOCC1)-c1csc(n1)[C@@H](N1CC3(CCC3)C1)[C@H](NC(=O)C13CC(C)(C1)[C@H](C)O3)C(=O)N1CCC[C@H](N1)C(=O)OCC(C)(C)C2. The number of rotatable bonds is 12. The largest absolute Gasteiger partial charge is 0.464 e. The number of likely N-dealkylation sites (tertiary alicyclic amines) is 2. The van der Waals surface area contributed by atoms with Gasteiger partial charge >= 0.3 is 5.97 Å². The smallest absolute Gasteiger partial charge is 0.324 e. The number of nitrogens with one attached hydrogen (secondary N) is 2. The Hall–Kier alpha value is -4.33. The van der Waals surface area contributed by atoms with Gasteiger partial charge in [0, 0.05) is 97.0 Å². The minimum atomic E-state index is -0.998. The van der Waals surface area contributed by atoms with Gasteiger partial charge in [0.1, 0.15) is 22.7 Å². The molecule has 16 nitrogen and oxygen atoms in total. The first-order valence-electron chi connectivity index (χ1n) is 29.7. The third kappa shape index (κ3) is 9.74. The number of aromatic nitrogens is 3. The number of ether oxygens (including phenoxy) is 5. The normalized spacial score (nSPS) is 31.1. The van der Waals surface area contributed by atoms with Crippen molar-refractivity contribution in [2.24, 2.45) is 16.2 Å². The van der Waals surface area contributed by atoms with E-state index >= 15 is 4.79 Å². The lowest BCUT2D eigenvalue weighted by atomic mass is 9.61. The van der Waals surface area contributed by atoms with E-state index in [-0.39, 0.29) is 47.6 Å². The number of cyclic esters (lactones) is 1. The molecule has 14 rings (SSSR count). The first kappa shape index (κ1) is 53.0. The molecule has 420 valence electrons. The number of benzene rings is 1. The number of piperidine rings is 1. The highest BCUT2D eigenvalue weighted by Crippen LogP contribution is 2.61. The van der Waals surface area contributed by atoms with E-state index in [2.05, 4.69) is 88.6 Å². The third-order valence-electron chi connectivity index (χ3n) is 20.0. The van der Waals surface area contributed by atoms with Gasteiger partial charge in [-0.15, -0.1) is 11.3 Å². The summed E-state index contributed by atoms with van der Waals surface area (Å²) >= 11 is 1.55. The van der Waals surface area contributed by atoms with E-state index in [9.17, 15) is 9.59 Å². The fourth-order valence-corrected chi connectivity index (χ4v) is 15.9. The average molecular weight is 1090 g/mol. The van der Waals surface area contributed by atoms with Crippen LogP contribution in [0.1, 0.15) is 158 Å². The summed E-state index contributed by atoms with van der Waals surface area (Å²) in [6.45, 7) is 17.6. The quantitative estimate of drug-likeness (QED) is 0.130. The Kier molecular flexibility index (Phi) is 14.0. The molecule has 2 amide bonds. The zero-order valence-electron chi connectivity index (χ0n) is 46.9. The van der Waals surface area contributed by atoms with E-state index in [1.807, 2.05) is 6.92 Å². The summed E-state index contributed by atoms with van der Waals surface area (Å²) in [6.07, 6.45) is 14.9. The number of fused-ring (bicyclic) bond motifs is 7. The molecule has 1 aromatic carbocycles. The van der Waals surface area contributed by atoms with Crippen molar-refractivity contribution >= 4 is 40.0 Å². The van der Waals surface area contributed by atoms with Gasteiger partial charge in [-0.1, -0.05) is 33.3 Å². The summed E-state index contributed by atoms with van der Waals surface area (Å²) in [6, 6.07) is 7.62. The zero-order valence-corrected chi connectivity index (χ0v) is 47.7. The van der Waals surface area contributed by atoms with Crippen LogP contribution in [0.2, 0.25) is 0 Å². The molecule has 5 atom stereocenters. The fraction of sp³-hybridized carbons (Fsp3) is 0.689. The number of hydrazine groups is 1. The molecule has 9 fully saturated rings. The van der Waals surface area contributed by atoms with E-state index in [1.54, 1.807) is 23.5 Å². The first-order valence-corrected chi connectivity index (χ1v) is 30.5. The average Bonchev–Trinajstić information content (AvgIpc) is 4.03. The molecule has 0 radical (unpaired) electrons. The van der Waals surface area contributed by atoms with Crippen LogP contribution in [0.25, 0.3) is 33.4 Å². The maximum absolute atomic E-state index is 15.4. The molecule has 4 aromatic rings. The molecule has 10 heterocycles. The van der Waals surface area contributed by atoms with Crippen LogP contribution in [0.15, 0.2) is 35.8 Å². The van der Waals surface area contributed by atoms with Crippen molar-refractivity contribution in [2.75, 3.05) is 66.3 Å². The third-order valence-corrected chi connectivity index (χ3v) is 20.9. The lowest BCUT2D eigenvalue weighted by Crippen LogP contribution is -2.68. The molecule has 7 aliphatic heterocycles. The van der Waals surface area contributed by atoms with E-state index in [4.69, 9.17) is 33.7 Å². The highest BCUT2D eigenvalue weighted by molar-refractivity contribution is 7.10. The number of pyridine rings is 1. The minimum absolute atomic E-state index is 0.0650. The van der Waals surface area contributed by atoms with E-state index in [0.717, 1.165) is 120 Å². The summed E-state index contributed by atoms with van der Waals surface area (Å²) < 4.78 is 33.9. The number of hydrogen-bond donors (Lipinski definition) is 2. The van der Waals surface area contributed by atoms with Crippen LogP contribution in [-0.2, 0) is 51.0 Å². The van der Waals surface area contributed by atoms with Crippen molar-refractivity contribution < 1.29 is 38.1 Å². The van der Waals surface area contributed by atoms with Crippen LogP contribution in [0.4, 0.5) is 0 Å². The Bertz CT molecular complexity index is 2910. The molecule has 3 aromatic heterocycles. The minimum Gasteiger partial charge on any atom is -0.464 e. The number of hydrogen-bond acceptors (Lipinski definition) is 14. The highest BCUT2D eigenvalue weighted by atomic mass is 32.1. The van der Waals surface area contributed by atoms with Gasteiger partial charge in [-0.05, 0) is 151 Å². The molecular weight excluding hydrogens is 1000 g/mol. The predicted octanol–water partition coefficient (Wildman–Crippen LogP) is 8.66. The second-order valence-corrected chi connectivity index (χ2v) is 27.2.